The van der Waals surface area contributed by atoms with E-state index in [1.807, 2.05) is 0 Å². The number of nitrogens with zero attached hydrogens (tertiary/aromatic N) is 2. The highest BCUT2D eigenvalue weighted by Crippen LogP contribution is 2.06. The molecule has 196 valence electrons. The zero-order valence-electron chi connectivity index (χ0n) is 19.0. The average molecular weight is 525 g/mol. The third kappa shape index (κ3) is 9.03. The highest BCUT2D eigenvalue weighted by Gasteiger charge is 2.31. The van der Waals surface area contributed by atoms with E-state index < -0.39 is 60.2 Å². The van der Waals surface area contributed by atoms with Crippen LogP contribution in [0.1, 0.15) is 24.2 Å². The number of carboxylic acid groups (broad SMARTS) is 2. The minimum atomic E-state index is -1.50. The molecule has 0 saturated heterocycles. The predicted molar refractivity (Wildman–Crippen MR) is 127 cm³/mol. The number of aromatic nitrogens is 4. The summed E-state index contributed by atoms with van der Waals surface area (Å²) in [5.41, 5.74) is 6.67. The fourth-order valence-electron chi connectivity index (χ4n) is 3.08. The van der Waals surface area contributed by atoms with Crippen LogP contribution in [0.2, 0.25) is 0 Å². The second-order valence-electron chi connectivity index (χ2n) is 7.81. The normalized spacial score (nSPS) is 14.2. The van der Waals surface area contributed by atoms with Crippen molar-refractivity contribution < 1.29 is 34.2 Å². The van der Waals surface area contributed by atoms with E-state index >= 15 is 0 Å². The molecule has 3 amide bonds. The molecule has 15 nitrogen and oxygen atoms in total. The van der Waals surface area contributed by atoms with Crippen LogP contribution in [0.5, 0.6) is 0 Å². The van der Waals surface area contributed by atoms with Crippen molar-refractivity contribution in [3.63, 3.8) is 0 Å². The first-order valence-electron chi connectivity index (χ1n) is 10.8. The molecule has 0 aromatic carbocycles. The number of carbonyl (C=O) groups excluding carboxylic acids is 3. The summed E-state index contributed by atoms with van der Waals surface area (Å²) in [6.45, 7) is 0. The van der Waals surface area contributed by atoms with Crippen molar-refractivity contribution in [2.24, 2.45) is 5.73 Å². The van der Waals surface area contributed by atoms with Crippen LogP contribution in [-0.2, 0) is 36.8 Å². The summed E-state index contributed by atoms with van der Waals surface area (Å²) in [6.07, 6.45) is 4.68. The Hall–Kier alpha value is -3.92. The van der Waals surface area contributed by atoms with Gasteiger partial charge in [-0.25, -0.2) is 14.8 Å². The molecule has 0 saturated carbocycles. The van der Waals surface area contributed by atoms with Gasteiger partial charge in [0, 0.05) is 48.8 Å². The van der Waals surface area contributed by atoms with E-state index in [-0.39, 0.29) is 25.0 Å². The fourth-order valence-corrected chi connectivity index (χ4v) is 3.25. The SMILES string of the molecule is NC(CS)C(=O)NC(Cc1cnc[nH]1)C(=O)NC(Cc1cnc[nH]1)C(=O)NC(CCC(=O)O)C(=O)O. The number of hydrogen-bond donors (Lipinski definition) is 9. The standard InChI is InChI=1S/C20H28N8O7S/c21-12(7-36)17(31)27-14(3-10-5-22-8-24-10)19(33)28-15(4-11-6-23-9-25-11)18(32)26-13(20(34)35)1-2-16(29)30/h5-6,8-9,12-15,36H,1-4,7,21H2,(H,22,24)(H,23,25)(H,26,32)(H,27,31)(H,28,33)(H,29,30)(H,34,35). The van der Waals surface area contributed by atoms with Crippen LogP contribution in [0.3, 0.4) is 0 Å². The minimum absolute atomic E-state index is 0.00831. The summed E-state index contributed by atoms with van der Waals surface area (Å²) in [5, 5.41) is 25.5. The maximum Gasteiger partial charge on any atom is 0.326 e. The lowest BCUT2D eigenvalue weighted by atomic mass is 10.1. The Kier molecular flexibility index (Phi) is 10.9. The van der Waals surface area contributed by atoms with Crippen LogP contribution in [0.25, 0.3) is 0 Å². The van der Waals surface area contributed by atoms with E-state index in [0.717, 1.165) is 0 Å². The summed E-state index contributed by atoms with van der Waals surface area (Å²) in [4.78, 5) is 74.2. The molecule has 2 aromatic rings. The van der Waals surface area contributed by atoms with Crippen LogP contribution in [-0.4, -0.2) is 89.7 Å². The number of rotatable bonds is 15. The van der Waals surface area contributed by atoms with Gasteiger partial charge in [-0.2, -0.15) is 12.6 Å². The Labute approximate surface area is 210 Å². The number of hydrogen-bond acceptors (Lipinski definition) is 9. The molecule has 0 aliphatic carbocycles. The topological polar surface area (TPSA) is 245 Å². The number of amides is 3. The molecule has 0 bridgehead atoms. The van der Waals surface area contributed by atoms with Gasteiger partial charge in [-0.05, 0) is 6.42 Å². The molecule has 4 atom stereocenters. The summed E-state index contributed by atoms with van der Waals surface area (Å²) in [7, 11) is 0. The van der Waals surface area contributed by atoms with E-state index in [1.54, 1.807) is 0 Å². The number of carboxylic acids is 2. The van der Waals surface area contributed by atoms with Crippen molar-refractivity contribution in [3.05, 3.63) is 36.4 Å². The molecule has 16 heteroatoms. The first-order chi connectivity index (χ1) is 17.1. The quantitative estimate of drug-likeness (QED) is 0.112. The van der Waals surface area contributed by atoms with Gasteiger partial charge in [-0.3, -0.25) is 19.2 Å². The lowest BCUT2D eigenvalue weighted by molar-refractivity contribution is -0.143. The van der Waals surface area contributed by atoms with Crippen molar-refractivity contribution in [3.8, 4) is 0 Å². The Balaban J connectivity index is 2.22. The third-order valence-corrected chi connectivity index (χ3v) is 5.41. The van der Waals surface area contributed by atoms with Crippen molar-refractivity contribution in [1.82, 2.24) is 35.9 Å². The summed E-state index contributed by atoms with van der Waals surface area (Å²) >= 11 is 3.98. The summed E-state index contributed by atoms with van der Waals surface area (Å²) in [5.74, 6) is -4.88. The van der Waals surface area contributed by atoms with Gasteiger partial charge < -0.3 is 41.9 Å². The molecule has 36 heavy (non-hydrogen) atoms. The molecule has 0 aliphatic rings. The van der Waals surface area contributed by atoms with Gasteiger partial charge in [0.2, 0.25) is 17.7 Å². The molecule has 4 unspecified atom stereocenters. The van der Waals surface area contributed by atoms with Crippen molar-refractivity contribution in [1.29, 1.82) is 0 Å². The molecule has 2 heterocycles. The molecule has 2 rings (SSSR count). The van der Waals surface area contributed by atoms with E-state index in [4.69, 9.17) is 10.8 Å². The highest BCUT2D eigenvalue weighted by atomic mass is 32.1. The number of H-pyrrole nitrogens is 2. The van der Waals surface area contributed by atoms with Gasteiger partial charge in [0.25, 0.3) is 0 Å². The Bertz CT molecular complexity index is 1030. The van der Waals surface area contributed by atoms with Crippen LogP contribution in [0.4, 0.5) is 0 Å². The highest BCUT2D eigenvalue weighted by molar-refractivity contribution is 7.80. The van der Waals surface area contributed by atoms with Gasteiger partial charge in [0.1, 0.15) is 18.1 Å². The van der Waals surface area contributed by atoms with Crippen LogP contribution in [0.15, 0.2) is 25.0 Å². The lowest BCUT2D eigenvalue weighted by Crippen LogP contribution is -2.58. The number of imidazole rings is 2. The summed E-state index contributed by atoms with van der Waals surface area (Å²) < 4.78 is 0. The second kappa shape index (κ2) is 13.8. The molecule has 9 N–H and O–H groups in total. The van der Waals surface area contributed by atoms with Crippen LogP contribution < -0.4 is 21.7 Å². The smallest absolute Gasteiger partial charge is 0.326 e. The van der Waals surface area contributed by atoms with Crippen LogP contribution in [0, 0.1) is 0 Å². The molecular formula is C20H28N8O7S. The Morgan fingerprint density at radius 2 is 1.33 bits per heavy atom. The molecule has 2 aromatic heterocycles. The van der Waals surface area contributed by atoms with Crippen molar-refractivity contribution in [2.45, 2.75) is 49.9 Å². The molecule has 0 spiro atoms. The number of thiol groups is 1. The van der Waals surface area contributed by atoms with Gasteiger partial charge in [-0.1, -0.05) is 0 Å². The fraction of sp³-hybridized carbons (Fsp3) is 0.450. The lowest BCUT2D eigenvalue weighted by Gasteiger charge is -2.24. The number of aromatic amines is 2. The zero-order chi connectivity index (χ0) is 26.7. The van der Waals surface area contributed by atoms with Gasteiger partial charge >= 0.3 is 11.9 Å². The van der Waals surface area contributed by atoms with E-state index in [1.165, 1.54) is 25.0 Å². The van der Waals surface area contributed by atoms with Gasteiger partial charge in [0.05, 0.1) is 18.7 Å². The first kappa shape index (κ1) is 28.3. The number of nitrogens with one attached hydrogen (secondary N) is 5. The number of nitrogens with two attached hydrogens (primary N) is 1. The van der Waals surface area contributed by atoms with Crippen molar-refractivity contribution in [2.75, 3.05) is 5.75 Å². The van der Waals surface area contributed by atoms with Gasteiger partial charge in [0.15, 0.2) is 0 Å². The summed E-state index contributed by atoms with van der Waals surface area (Å²) in [6, 6.07) is -4.93. The van der Waals surface area contributed by atoms with E-state index in [0.29, 0.717) is 11.4 Å². The van der Waals surface area contributed by atoms with Crippen LogP contribution >= 0.6 is 12.6 Å². The van der Waals surface area contributed by atoms with E-state index in [9.17, 15) is 29.1 Å². The number of aliphatic carboxylic acids is 2. The molecule has 0 fully saturated rings. The first-order valence-corrected chi connectivity index (χ1v) is 11.4. The molecular weight excluding hydrogens is 496 g/mol. The number of carbonyl (C=O) groups is 5. The Morgan fingerprint density at radius 3 is 1.72 bits per heavy atom. The zero-order valence-corrected chi connectivity index (χ0v) is 19.9. The van der Waals surface area contributed by atoms with E-state index in [2.05, 4.69) is 48.5 Å². The molecule has 0 radical (unpaired) electrons. The predicted octanol–water partition coefficient (Wildman–Crippen LogP) is -2.42. The van der Waals surface area contributed by atoms with Gasteiger partial charge in [-0.15, -0.1) is 0 Å². The monoisotopic (exact) mass is 524 g/mol. The largest absolute Gasteiger partial charge is 0.481 e. The Morgan fingerprint density at radius 1 is 0.861 bits per heavy atom. The maximum atomic E-state index is 13.2. The van der Waals surface area contributed by atoms with Crippen molar-refractivity contribution >= 4 is 42.3 Å². The second-order valence-corrected chi connectivity index (χ2v) is 8.17. The third-order valence-electron chi connectivity index (χ3n) is 5.02. The minimum Gasteiger partial charge on any atom is -0.481 e. The average Bonchev–Trinajstić information content (AvgIpc) is 3.54. The maximum absolute atomic E-state index is 13.2. The molecule has 0 aliphatic heterocycles.